The number of rotatable bonds is 5. The van der Waals surface area contributed by atoms with Crippen LogP contribution in [0.2, 0.25) is 0 Å². The zero-order valence-electron chi connectivity index (χ0n) is 9.96. The molecule has 0 heterocycles. The van der Waals surface area contributed by atoms with Crippen molar-refractivity contribution in [3.8, 4) is 0 Å². The third-order valence-corrected chi connectivity index (χ3v) is 3.99. The predicted molar refractivity (Wildman–Crippen MR) is 71.8 cm³/mol. The summed E-state index contributed by atoms with van der Waals surface area (Å²) in [6.07, 6.45) is 2.53. The molecule has 0 saturated heterocycles. The van der Waals surface area contributed by atoms with Crippen LogP contribution in [-0.2, 0) is 0 Å². The molecule has 0 aromatic heterocycles. The van der Waals surface area contributed by atoms with Crippen LogP contribution in [0.1, 0.15) is 43.7 Å². The van der Waals surface area contributed by atoms with Crippen LogP contribution in [0.3, 0.4) is 0 Å². The summed E-state index contributed by atoms with van der Waals surface area (Å²) in [4.78, 5) is 0. The average molecular weight is 269 g/mol. The Kier molecular flexibility index (Phi) is 5.38. The monoisotopic (exact) mass is 268 g/mol. The molecule has 1 atom stereocenters. The Morgan fingerprint density at radius 1 is 1.07 bits per heavy atom. The van der Waals surface area contributed by atoms with Crippen LogP contribution in [0.25, 0.3) is 0 Å². The van der Waals surface area contributed by atoms with Crippen LogP contribution in [0.5, 0.6) is 0 Å². The van der Waals surface area contributed by atoms with E-state index in [0.29, 0.717) is 5.92 Å². The van der Waals surface area contributed by atoms with Gasteiger partial charge >= 0.3 is 0 Å². The lowest BCUT2D eigenvalue weighted by molar-refractivity contribution is 0.425. The van der Waals surface area contributed by atoms with Crippen molar-refractivity contribution in [3.63, 3.8) is 0 Å². The van der Waals surface area contributed by atoms with Crippen LogP contribution < -0.4 is 0 Å². The quantitative estimate of drug-likeness (QED) is 0.666. The number of alkyl halides is 1. The fraction of sp³-hybridized carbons (Fsp3) is 0.571. The molecule has 0 aliphatic heterocycles. The molecule has 0 radical (unpaired) electrons. The molecule has 0 aliphatic rings. The third-order valence-electron chi connectivity index (χ3n) is 3.29. The summed E-state index contributed by atoms with van der Waals surface area (Å²) in [7, 11) is 0. The van der Waals surface area contributed by atoms with E-state index in [2.05, 4.69) is 61.0 Å². The zero-order chi connectivity index (χ0) is 11.3. The molecule has 0 bridgehead atoms. The largest absolute Gasteiger partial charge is 0.0921 e. The normalized spacial score (nSPS) is 13.1. The number of hydrogen-bond donors (Lipinski definition) is 0. The van der Waals surface area contributed by atoms with E-state index in [1.807, 2.05) is 0 Å². The van der Waals surface area contributed by atoms with Crippen molar-refractivity contribution in [1.29, 1.82) is 0 Å². The Bertz CT molecular complexity index is 272. The summed E-state index contributed by atoms with van der Waals surface area (Å²) in [5.74, 6) is 1.47. The van der Waals surface area contributed by atoms with E-state index in [9.17, 15) is 0 Å². The lowest BCUT2D eigenvalue weighted by Gasteiger charge is -2.23. The highest BCUT2D eigenvalue weighted by atomic mass is 79.9. The Morgan fingerprint density at radius 2 is 1.60 bits per heavy atom. The molecule has 0 aliphatic carbocycles. The van der Waals surface area contributed by atoms with Gasteiger partial charge in [0.05, 0.1) is 0 Å². The summed E-state index contributed by atoms with van der Waals surface area (Å²) < 4.78 is 0. The molecule has 15 heavy (non-hydrogen) atoms. The molecule has 84 valence electrons. The molecular weight excluding hydrogens is 248 g/mol. The van der Waals surface area contributed by atoms with Gasteiger partial charge in [-0.3, -0.25) is 0 Å². The molecule has 0 amide bonds. The minimum absolute atomic E-state index is 0.667. The van der Waals surface area contributed by atoms with Crippen LogP contribution in [0.15, 0.2) is 24.3 Å². The van der Waals surface area contributed by atoms with Crippen LogP contribution in [0.4, 0.5) is 0 Å². The third kappa shape index (κ3) is 3.34. The lowest BCUT2D eigenvalue weighted by Crippen LogP contribution is -2.13. The summed E-state index contributed by atoms with van der Waals surface area (Å²) in [5.41, 5.74) is 2.82. The van der Waals surface area contributed by atoms with Gasteiger partial charge in [0.15, 0.2) is 0 Å². The van der Waals surface area contributed by atoms with Crippen molar-refractivity contribution in [2.45, 2.75) is 39.5 Å². The standard InChI is InChI=1S/C14H21Br/c1-4-12(5-2)14(10-15)13-8-6-11(3)7-9-13/h6-9,12,14H,4-5,10H2,1-3H3. The van der Waals surface area contributed by atoms with E-state index in [1.54, 1.807) is 0 Å². The maximum absolute atomic E-state index is 3.65. The second-order valence-electron chi connectivity index (χ2n) is 4.25. The molecule has 1 aromatic rings. The van der Waals surface area contributed by atoms with Crippen molar-refractivity contribution in [2.24, 2.45) is 5.92 Å². The first kappa shape index (κ1) is 12.8. The average Bonchev–Trinajstić information content (AvgIpc) is 2.27. The minimum atomic E-state index is 0.667. The summed E-state index contributed by atoms with van der Waals surface area (Å²) >= 11 is 3.65. The Labute approximate surface area is 102 Å². The fourth-order valence-corrected chi connectivity index (χ4v) is 3.06. The van der Waals surface area contributed by atoms with Gasteiger partial charge in [0.1, 0.15) is 0 Å². The van der Waals surface area contributed by atoms with Gasteiger partial charge < -0.3 is 0 Å². The highest BCUT2D eigenvalue weighted by molar-refractivity contribution is 9.09. The lowest BCUT2D eigenvalue weighted by atomic mass is 9.84. The van der Waals surface area contributed by atoms with E-state index >= 15 is 0 Å². The van der Waals surface area contributed by atoms with Gasteiger partial charge in [-0.25, -0.2) is 0 Å². The predicted octanol–water partition coefficient (Wildman–Crippen LogP) is 4.91. The highest BCUT2D eigenvalue weighted by Gasteiger charge is 2.18. The SMILES string of the molecule is CCC(CC)C(CBr)c1ccc(C)cc1. The molecule has 0 fully saturated rings. The molecule has 1 aromatic carbocycles. The first-order chi connectivity index (χ1) is 7.22. The van der Waals surface area contributed by atoms with Crippen molar-refractivity contribution in [1.82, 2.24) is 0 Å². The highest BCUT2D eigenvalue weighted by Crippen LogP contribution is 2.31. The van der Waals surface area contributed by atoms with Crippen molar-refractivity contribution in [2.75, 3.05) is 5.33 Å². The van der Waals surface area contributed by atoms with E-state index < -0.39 is 0 Å². The van der Waals surface area contributed by atoms with E-state index in [-0.39, 0.29) is 0 Å². The first-order valence-corrected chi connectivity index (χ1v) is 6.97. The maximum atomic E-state index is 3.65. The van der Waals surface area contributed by atoms with Gasteiger partial charge in [-0.1, -0.05) is 72.4 Å². The molecule has 0 nitrogen and oxygen atoms in total. The molecular formula is C14H21Br. The van der Waals surface area contributed by atoms with E-state index in [4.69, 9.17) is 0 Å². The van der Waals surface area contributed by atoms with E-state index in [1.165, 1.54) is 24.0 Å². The smallest absolute Gasteiger partial charge is 0.0103 e. The number of hydrogen-bond acceptors (Lipinski definition) is 0. The second-order valence-corrected chi connectivity index (χ2v) is 4.90. The van der Waals surface area contributed by atoms with Crippen LogP contribution >= 0.6 is 15.9 Å². The van der Waals surface area contributed by atoms with Crippen molar-refractivity contribution >= 4 is 15.9 Å². The summed E-state index contributed by atoms with van der Waals surface area (Å²) in [6.45, 7) is 6.72. The minimum Gasteiger partial charge on any atom is -0.0921 e. The Balaban J connectivity index is 2.86. The Morgan fingerprint density at radius 3 is 2.00 bits per heavy atom. The number of halogens is 1. The van der Waals surface area contributed by atoms with Gasteiger partial charge in [-0.2, -0.15) is 0 Å². The number of aryl methyl sites for hydroxylation is 1. The van der Waals surface area contributed by atoms with E-state index in [0.717, 1.165) is 11.2 Å². The molecule has 0 saturated carbocycles. The molecule has 0 spiro atoms. The first-order valence-electron chi connectivity index (χ1n) is 5.85. The fourth-order valence-electron chi connectivity index (χ4n) is 2.16. The summed E-state index contributed by atoms with van der Waals surface area (Å²) in [6, 6.07) is 8.99. The topological polar surface area (TPSA) is 0 Å². The van der Waals surface area contributed by atoms with Gasteiger partial charge in [-0.15, -0.1) is 0 Å². The second kappa shape index (κ2) is 6.32. The van der Waals surface area contributed by atoms with Gasteiger partial charge in [0.25, 0.3) is 0 Å². The maximum Gasteiger partial charge on any atom is 0.0103 e. The molecule has 1 heteroatoms. The van der Waals surface area contributed by atoms with Gasteiger partial charge in [-0.05, 0) is 24.3 Å². The van der Waals surface area contributed by atoms with Gasteiger partial charge in [0, 0.05) is 5.33 Å². The van der Waals surface area contributed by atoms with Crippen LogP contribution in [0, 0.1) is 12.8 Å². The molecule has 0 N–H and O–H groups in total. The van der Waals surface area contributed by atoms with Crippen molar-refractivity contribution in [3.05, 3.63) is 35.4 Å². The molecule has 1 rings (SSSR count). The van der Waals surface area contributed by atoms with Gasteiger partial charge in [0.2, 0.25) is 0 Å². The number of benzene rings is 1. The summed E-state index contributed by atoms with van der Waals surface area (Å²) in [5, 5.41) is 1.07. The molecule has 1 unspecified atom stereocenters. The Hall–Kier alpha value is -0.300. The van der Waals surface area contributed by atoms with Crippen molar-refractivity contribution < 1.29 is 0 Å². The zero-order valence-corrected chi connectivity index (χ0v) is 11.5. The van der Waals surface area contributed by atoms with Crippen LogP contribution in [-0.4, -0.2) is 5.33 Å².